The van der Waals surface area contributed by atoms with Crippen molar-refractivity contribution in [2.24, 2.45) is 0 Å². The molecule has 1 amide bonds. The number of rotatable bonds is 5. The van der Waals surface area contributed by atoms with Gasteiger partial charge in [0.25, 0.3) is 5.91 Å². The molecule has 2 aromatic heterocycles. The summed E-state index contributed by atoms with van der Waals surface area (Å²) in [6, 6.07) is 14.1. The number of anilines is 1. The molecule has 0 fully saturated rings. The van der Waals surface area contributed by atoms with Gasteiger partial charge in [-0.1, -0.05) is 23.7 Å². The highest BCUT2D eigenvalue weighted by atomic mass is 35.5. The van der Waals surface area contributed by atoms with Crippen LogP contribution in [0.25, 0.3) is 10.1 Å². The maximum absolute atomic E-state index is 13.4. The highest BCUT2D eigenvalue weighted by molar-refractivity contribution is 7.98. The van der Waals surface area contributed by atoms with Crippen molar-refractivity contribution < 1.29 is 9.18 Å². The fourth-order valence-electron chi connectivity index (χ4n) is 2.60. The van der Waals surface area contributed by atoms with Crippen molar-refractivity contribution in [3.63, 3.8) is 0 Å². The zero-order valence-corrected chi connectivity index (χ0v) is 17.1. The Balaban J connectivity index is 1.57. The molecule has 0 aliphatic heterocycles. The van der Waals surface area contributed by atoms with Gasteiger partial charge in [0.2, 0.25) is 0 Å². The molecule has 4 rings (SSSR count). The number of carbonyl (C=O) groups is 1. The molecule has 2 nitrogen and oxygen atoms in total. The van der Waals surface area contributed by atoms with Gasteiger partial charge in [-0.2, -0.15) is 11.3 Å². The molecule has 0 spiro atoms. The molecule has 4 aromatic rings. The zero-order valence-electron chi connectivity index (χ0n) is 13.9. The van der Waals surface area contributed by atoms with Crippen LogP contribution < -0.4 is 5.32 Å². The monoisotopic (exact) mass is 433 g/mol. The Bertz CT molecular complexity index is 1110. The molecule has 0 saturated carbocycles. The highest BCUT2D eigenvalue weighted by Crippen LogP contribution is 2.37. The van der Waals surface area contributed by atoms with Gasteiger partial charge in [-0.05, 0) is 52.7 Å². The van der Waals surface area contributed by atoms with Gasteiger partial charge in [0.15, 0.2) is 0 Å². The van der Waals surface area contributed by atoms with Crippen LogP contribution in [0.15, 0.2) is 64.2 Å². The average molecular weight is 434 g/mol. The first kappa shape index (κ1) is 18.5. The second kappa shape index (κ2) is 8.02. The predicted octanol–water partition coefficient (Wildman–Crippen LogP) is 7.30. The summed E-state index contributed by atoms with van der Waals surface area (Å²) in [4.78, 5) is 14.2. The van der Waals surface area contributed by atoms with Crippen LogP contribution in [-0.4, -0.2) is 5.91 Å². The van der Waals surface area contributed by atoms with Crippen LogP contribution in [-0.2, 0) is 5.75 Å². The van der Waals surface area contributed by atoms with E-state index in [9.17, 15) is 9.18 Å². The second-order valence-electron chi connectivity index (χ2n) is 5.76. The Morgan fingerprint density at radius 2 is 2.04 bits per heavy atom. The molecule has 2 aromatic carbocycles. The Morgan fingerprint density at radius 3 is 2.85 bits per heavy atom. The summed E-state index contributed by atoms with van der Waals surface area (Å²) in [7, 11) is 0. The summed E-state index contributed by atoms with van der Waals surface area (Å²) < 4.78 is 14.1. The summed E-state index contributed by atoms with van der Waals surface area (Å²) in [5.74, 6) is 0.201. The van der Waals surface area contributed by atoms with Crippen molar-refractivity contribution in [1.29, 1.82) is 0 Å². The van der Waals surface area contributed by atoms with Gasteiger partial charge in [0, 0.05) is 20.7 Å². The van der Waals surface area contributed by atoms with E-state index in [-0.39, 0.29) is 11.7 Å². The van der Waals surface area contributed by atoms with E-state index in [1.54, 1.807) is 29.2 Å². The van der Waals surface area contributed by atoms with E-state index < -0.39 is 0 Å². The summed E-state index contributed by atoms with van der Waals surface area (Å²) in [6.45, 7) is 0. The minimum absolute atomic E-state index is 0.287. The molecule has 0 aliphatic rings. The van der Waals surface area contributed by atoms with Crippen LogP contribution in [0.1, 0.15) is 15.2 Å². The Hall–Kier alpha value is -1.86. The van der Waals surface area contributed by atoms with Crippen molar-refractivity contribution in [1.82, 2.24) is 0 Å². The van der Waals surface area contributed by atoms with E-state index >= 15 is 0 Å². The molecule has 0 saturated heterocycles. The van der Waals surface area contributed by atoms with Gasteiger partial charge in [-0.15, -0.1) is 23.1 Å². The molecule has 0 radical (unpaired) electrons. The molecule has 7 heteroatoms. The van der Waals surface area contributed by atoms with E-state index in [1.165, 1.54) is 29.0 Å². The number of fused-ring (bicyclic) bond motifs is 1. The molecular formula is C20H13ClFNOS3. The summed E-state index contributed by atoms with van der Waals surface area (Å²) in [6.07, 6.45) is 0. The second-order valence-corrected chi connectivity index (χ2v) is 8.98. The Labute approximate surface area is 173 Å². The number of halogens is 2. The van der Waals surface area contributed by atoms with Gasteiger partial charge in [-0.3, -0.25) is 4.79 Å². The number of para-hydroxylation sites is 1. The number of thiophene rings is 2. The number of carbonyl (C=O) groups excluding carboxylic acids is 1. The first-order valence-electron chi connectivity index (χ1n) is 8.03. The van der Waals surface area contributed by atoms with E-state index in [0.717, 1.165) is 16.3 Å². The van der Waals surface area contributed by atoms with Crippen LogP contribution in [0, 0.1) is 5.82 Å². The van der Waals surface area contributed by atoms with Crippen LogP contribution >= 0.6 is 46.0 Å². The molecule has 0 atom stereocenters. The smallest absolute Gasteiger partial charge is 0.267 e. The SMILES string of the molecule is O=C(Nc1ccccc1SCc1ccsc1)c1sc2cc(F)ccc2c1Cl. The highest BCUT2D eigenvalue weighted by Gasteiger charge is 2.18. The predicted molar refractivity (Wildman–Crippen MR) is 115 cm³/mol. The number of thioether (sulfide) groups is 1. The van der Waals surface area contributed by atoms with Gasteiger partial charge in [0.05, 0.1) is 10.7 Å². The molecular weight excluding hydrogens is 421 g/mol. The third-order valence-corrected chi connectivity index (χ3v) is 7.44. The van der Waals surface area contributed by atoms with Gasteiger partial charge in [0.1, 0.15) is 10.7 Å². The van der Waals surface area contributed by atoms with Crippen molar-refractivity contribution in [2.75, 3.05) is 5.32 Å². The number of hydrogen-bond acceptors (Lipinski definition) is 4. The zero-order chi connectivity index (χ0) is 18.8. The van der Waals surface area contributed by atoms with Crippen molar-refractivity contribution in [3.05, 3.63) is 80.6 Å². The van der Waals surface area contributed by atoms with Crippen LogP contribution in [0.4, 0.5) is 10.1 Å². The minimum atomic E-state index is -0.345. The van der Waals surface area contributed by atoms with Crippen LogP contribution in [0.5, 0.6) is 0 Å². The standard InChI is InChI=1S/C20H13ClFNOS3/c21-18-14-6-5-13(22)9-17(14)27-19(18)20(24)23-15-3-1-2-4-16(15)26-11-12-7-8-25-10-12/h1-10H,11H2,(H,23,24). The molecule has 0 aliphatic carbocycles. The molecule has 136 valence electrons. The summed E-state index contributed by atoms with van der Waals surface area (Å²) in [5.41, 5.74) is 1.99. The van der Waals surface area contributed by atoms with Gasteiger partial charge in [-0.25, -0.2) is 4.39 Å². The lowest BCUT2D eigenvalue weighted by Crippen LogP contribution is -2.11. The Morgan fingerprint density at radius 1 is 1.19 bits per heavy atom. The lowest BCUT2D eigenvalue weighted by Gasteiger charge is -2.10. The van der Waals surface area contributed by atoms with E-state index in [2.05, 4.69) is 22.1 Å². The van der Waals surface area contributed by atoms with E-state index in [0.29, 0.717) is 20.0 Å². The maximum atomic E-state index is 13.4. The largest absolute Gasteiger partial charge is 0.320 e. The third-order valence-electron chi connectivity index (χ3n) is 3.91. The number of benzene rings is 2. The third kappa shape index (κ3) is 4.04. The van der Waals surface area contributed by atoms with Crippen molar-refractivity contribution >= 4 is 67.7 Å². The fourth-order valence-corrected chi connectivity index (χ4v) is 5.76. The van der Waals surface area contributed by atoms with Gasteiger partial charge < -0.3 is 5.32 Å². The molecule has 27 heavy (non-hydrogen) atoms. The Kier molecular flexibility index (Phi) is 5.50. The van der Waals surface area contributed by atoms with Crippen LogP contribution in [0.3, 0.4) is 0 Å². The molecule has 0 unspecified atom stereocenters. The first-order valence-corrected chi connectivity index (χ1v) is 11.2. The fraction of sp³-hybridized carbons (Fsp3) is 0.0500. The summed E-state index contributed by atoms with van der Waals surface area (Å²) in [5, 5.41) is 8.16. The number of hydrogen-bond donors (Lipinski definition) is 1. The van der Waals surface area contributed by atoms with Gasteiger partial charge >= 0.3 is 0 Å². The first-order chi connectivity index (χ1) is 13.1. The van der Waals surface area contributed by atoms with Crippen LogP contribution in [0.2, 0.25) is 5.02 Å². The lowest BCUT2D eigenvalue weighted by atomic mass is 10.2. The maximum Gasteiger partial charge on any atom is 0.267 e. The van der Waals surface area contributed by atoms with Crippen molar-refractivity contribution in [3.8, 4) is 0 Å². The normalized spacial score (nSPS) is 11.0. The molecule has 2 heterocycles. The quantitative estimate of drug-likeness (QED) is 0.334. The number of nitrogens with one attached hydrogen (secondary N) is 1. The van der Waals surface area contributed by atoms with E-state index in [4.69, 9.17) is 11.6 Å². The molecule has 0 bridgehead atoms. The average Bonchev–Trinajstić information content (AvgIpc) is 3.29. The minimum Gasteiger partial charge on any atom is -0.320 e. The van der Waals surface area contributed by atoms with E-state index in [1.807, 2.05) is 24.3 Å². The topological polar surface area (TPSA) is 29.1 Å². The van der Waals surface area contributed by atoms with Crippen molar-refractivity contribution in [2.45, 2.75) is 10.6 Å². The molecule has 1 N–H and O–H groups in total. The number of amides is 1. The summed E-state index contributed by atoms with van der Waals surface area (Å²) >= 11 is 10.9. The lowest BCUT2D eigenvalue weighted by molar-refractivity contribution is 0.103.